The number of aliphatic carboxylic acids is 1. The summed E-state index contributed by atoms with van der Waals surface area (Å²) in [4.78, 5) is 19.9. The van der Waals surface area contributed by atoms with E-state index in [-0.39, 0.29) is 12.1 Å². The monoisotopic (exact) mass is 400 g/mol. The van der Waals surface area contributed by atoms with Crippen molar-refractivity contribution in [2.45, 2.75) is 70.8 Å². The maximum absolute atomic E-state index is 10.2. The zero-order valence-electron chi connectivity index (χ0n) is 13.5. The van der Waals surface area contributed by atoms with Crippen LogP contribution < -0.4 is 0 Å². The van der Waals surface area contributed by atoms with E-state index in [0.717, 1.165) is 22.8 Å². The van der Waals surface area contributed by atoms with Gasteiger partial charge in [-0.05, 0) is 26.2 Å². The molecular weight excluding hydrogens is 371 g/mol. The minimum absolute atomic E-state index is 0.0764. The Kier molecular flexibility index (Phi) is 22.5. The van der Waals surface area contributed by atoms with Crippen LogP contribution in [0.1, 0.15) is 60.8 Å². The Morgan fingerprint density at radius 3 is 1.75 bits per heavy atom. The van der Waals surface area contributed by atoms with Gasteiger partial charge in [0.15, 0.2) is 0 Å². The molecule has 0 heterocycles. The van der Waals surface area contributed by atoms with Crippen LogP contribution in [0.3, 0.4) is 0 Å². The van der Waals surface area contributed by atoms with Crippen LogP contribution in [-0.4, -0.2) is 27.1 Å². The first-order valence-electron chi connectivity index (χ1n) is 6.91. The second-order valence-electron chi connectivity index (χ2n) is 4.17. The number of hydrogen-bond donors (Lipinski definition) is 1. The van der Waals surface area contributed by atoms with Crippen LogP contribution >= 0.6 is 22.6 Å². The van der Waals surface area contributed by atoms with Gasteiger partial charge in [0.2, 0.25) is 0 Å². The molecule has 0 aromatic rings. The maximum Gasteiger partial charge on any atom is 0.327 e. The summed E-state index contributed by atoms with van der Waals surface area (Å²) in [5.74, 6) is -1.07. The third-order valence-corrected chi connectivity index (χ3v) is 2.88. The van der Waals surface area contributed by atoms with Crippen molar-refractivity contribution >= 4 is 34.5 Å². The Labute approximate surface area is 137 Å². The van der Waals surface area contributed by atoms with Gasteiger partial charge < -0.3 is 9.84 Å². The quantitative estimate of drug-likeness (QED) is 0.317. The van der Waals surface area contributed by atoms with Crippen LogP contribution in [0.25, 0.3) is 0 Å². The predicted octanol–water partition coefficient (Wildman–Crippen LogP) is 4.61. The third kappa shape index (κ3) is 36.0. The molecule has 20 heavy (non-hydrogen) atoms. The highest BCUT2D eigenvalue weighted by Crippen LogP contribution is 2.00. The molecule has 1 N–H and O–H groups in total. The van der Waals surface area contributed by atoms with Crippen molar-refractivity contribution < 1.29 is 19.4 Å². The lowest BCUT2D eigenvalue weighted by molar-refractivity contribution is -0.145. The average Bonchev–Trinajstić information content (AvgIpc) is 2.36. The van der Waals surface area contributed by atoms with E-state index in [1.165, 1.54) is 13.3 Å². The number of allylic oxidation sites excluding steroid dienone is 1. The Balaban J connectivity index is -0.000000223. The Hall–Kier alpha value is -0.590. The number of carbonyl (C=O) groups excluding carboxylic acids is 1. The van der Waals surface area contributed by atoms with Gasteiger partial charge in [-0.1, -0.05) is 56.4 Å². The van der Waals surface area contributed by atoms with Gasteiger partial charge in [-0.15, -0.1) is 0 Å². The summed E-state index contributed by atoms with van der Waals surface area (Å²) in [7, 11) is 0. The first-order chi connectivity index (χ1) is 9.20. The fourth-order valence-corrected chi connectivity index (χ4v) is 0.585. The number of halogens is 1. The number of carboxylic acid groups (broad SMARTS) is 1. The molecule has 0 aliphatic rings. The van der Waals surface area contributed by atoms with Crippen molar-refractivity contribution in [2.75, 3.05) is 0 Å². The highest BCUT2D eigenvalue weighted by molar-refractivity contribution is 14.1. The van der Waals surface area contributed by atoms with Crippen LogP contribution in [0.15, 0.2) is 12.2 Å². The van der Waals surface area contributed by atoms with Gasteiger partial charge in [-0.2, -0.15) is 0 Å². The van der Waals surface area contributed by atoms with Crippen molar-refractivity contribution in [1.29, 1.82) is 0 Å². The summed E-state index contributed by atoms with van der Waals surface area (Å²) in [6.45, 7) is 11.6. The topological polar surface area (TPSA) is 63.6 Å². The van der Waals surface area contributed by atoms with Crippen molar-refractivity contribution in [2.24, 2.45) is 0 Å². The number of rotatable bonds is 5. The zero-order chi connectivity index (χ0) is 16.6. The number of alkyl halides is 1. The number of ether oxygens (including phenoxy) is 1. The van der Waals surface area contributed by atoms with Crippen molar-refractivity contribution in [1.82, 2.24) is 0 Å². The molecule has 120 valence electrons. The standard InChI is InChI=1S/C6H12O2.C5H8O2.C4H9I/c1-4-5(2)8-6(3)7;1-2-3-4-5(6)7;1-3-4(2)5/h5H,4H2,1-3H3;3-4H,2H2,1H3,(H,6,7);4H,3H2,1-2H3. The molecule has 0 fully saturated rings. The Morgan fingerprint density at radius 1 is 1.20 bits per heavy atom. The summed E-state index contributed by atoms with van der Waals surface area (Å²) in [5.41, 5.74) is 0. The number of carboxylic acids is 1. The molecule has 2 atom stereocenters. The maximum atomic E-state index is 10.2. The second-order valence-corrected chi connectivity index (χ2v) is 6.29. The summed E-state index contributed by atoms with van der Waals surface area (Å²) < 4.78 is 5.61. The van der Waals surface area contributed by atoms with E-state index in [0.29, 0.717) is 0 Å². The van der Waals surface area contributed by atoms with E-state index in [1.807, 2.05) is 20.8 Å². The summed E-state index contributed by atoms with van der Waals surface area (Å²) in [5, 5.41) is 7.96. The lowest BCUT2D eigenvalue weighted by atomic mass is 10.3. The van der Waals surface area contributed by atoms with E-state index in [4.69, 9.17) is 9.84 Å². The van der Waals surface area contributed by atoms with Crippen molar-refractivity contribution in [3.63, 3.8) is 0 Å². The van der Waals surface area contributed by atoms with Gasteiger partial charge in [-0.25, -0.2) is 4.79 Å². The Bertz CT molecular complexity index is 263. The van der Waals surface area contributed by atoms with E-state index < -0.39 is 5.97 Å². The second kappa shape index (κ2) is 18.4. The fourth-order valence-electron chi connectivity index (χ4n) is 0.585. The van der Waals surface area contributed by atoms with Crippen LogP contribution in [0.5, 0.6) is 0 Å². The van der Waals surface area contributed by atoms with Crippen LogP contribution in [-0.2, 0) is 14.3 Å². The molecule has 5 heteroatoms. The van der Waals surface area contributed by atoms with E-state index in [9.17, 15) is 9.59 Å². The summed E-state index contributed by atoms with van der Waals surface area (Å²) >= 11 is 2.41. The van der Waals surface area contributed by atoms with Crippen molar-refractivity contribution in [3.8, 4) is 0 Å². The van der Waals surface area contributed by atoms with Crippen LogP contribution in [0, 0.1) is 0 Å². The molecule has 0 aliphatic heterocycles. The molecule has 0 saturated heterocycles. The molecule has 0 saturated carbocycles. The minimum Gasteiger partial charge on any atom is -0.478 e. The van der Waals surface area contributed by atoms with E-state index >= 15 is 0 Å². The first kappa shape index (κ1) is 24.4. The highest BCUT2D eigenvalue weighted by Gasteiger charge is 1.99. The molecule has 0 radical (unpaired) electrons. The lowest BCUT2D eigenvalue weighted by Gasteiger charge is -2.06. The van der Waals surface area contributed by atoms with E-state index in [1.54, 1.807) is 6.08 Å². The Morgan fingerprint density at radius 2 is 1.65 bits per heavy atom. The normalized spacial score (nSPS) is 12.3. The summed E-state index contributed by atoms with van der Waals surface area (Å²) in [6.07, 6.45) is 5.78. The molecular formula is C15H29IO4. The van der Waals surface area contributed by atoms with Crippen LogP contribution in [0.4, 0.5) is 0 Å². The number of carbonyl (C=O) groups is 2. The van der Waals surface area contributed by atoms with E-state index in [2.05, 4.69) is 36.4 Å². The lowest BCUT2D eigenvalue weighted by Crippen LogP contribution is -2.09. The predicted molar refractivity (Wildman–Crippen MR) is 92.4 cm³/mol. The number of hydrogen-bond acceptors (Lipinski definition) is 3. The molecule has 0 aliphatic carbocycles. The van der Waals surface area contributed by atoms with Crippen molar-refractivity contribution in [3.05, 3.63) is 12.2 Å². The molecule has 0 rings (SSSR count). The smallest absolute Gasteiger partial charge is 0.327 e. The molecule has 0 amide bonds. The molecule has 0 spiro atoms. The molecule has 0 bridgehead atoms. The van der Waals surface area contributed by atoms with Gasteiger partial charge >= 0.3 is 11.9 Å². The summed E-state index contributed by atoms with van der Waals surface area (Å²) in [6, 6.07) is 0. The van der Waals surface area contributed by atoms with Gasteiger partial charge in [0.05, 0.1) is 6.10 Å². The molecule has 2 unspecified atom stereocenters. The largest absolute Gasteiger partial charge is 0.478 e. The zero-order valence-corrected chi connectivity index (χ0v) is 15.6. The highest BCUT2D eigenvalue weighted by atomic mass is 127. The third-order valence-electron chi connectivity index (χ3n) is 2.00. The number of esters is 1. The SMILES string of the molecule is CCC(C)I.CCC(C)OC(C)=O.CCC=CC(=O)O. The average molecular weight is 400 g/mol. The molecule has 0 aromatic heterocycles. The first-order valence-corrected chi connectivity index (χ1v) is 8.16. The van der Waals surface area contributed by atoms with Gasteiger partial charge in [0, 0.05) is 16.9 Å². The molecule has 0 aromatic carbocycles. The van der Waals surface area contributed by atoms with Gasteiger partial charge in [0.25, 0.3) is 0 Å². The fraction of sp³-hybridized carbons (Fsp3) is 0.733. The molecule has 4 nitrogen and oxygen atoms in total. The van der Waals surface area contributed by atoms with Gasteiger partial charge in [0.1, 0.15) is 0 Å². The van der Waals surface area contributed by atoms with Gasteiger partial charge in [-0.3, -0.25) is 4.79 Å². The minimum atomic E-state index is -0.873. The van der Waals surface area contributed by atoms with Crippen LogP contribution in [0.2, 0.25) is 0 Å².